The quantitative estimate of drug-likeness (QED) is 0.729. The molecule has 2 heterocycles. The summed E-state index contributed by atoms with van der Waals surface area (Å²) in [6, 6.07) is 1.83. The van der Waals surface area contributed by atoms with E-state index >= 15 is 0 Å². The number of hydrogen-bond acceptors (Lipinski definition) is 2. The number of anilines is 1. The van der Waals surface area contributed by atoms with Gasteiger partial charge < -0.3 is 4.90 Å². The molecule has 1 aromatic heterocycles. The zero-order chi connectivity index (χ0) is 11.1. The molecule has 0 bridgehead atoms. The highest BCUT2D eigenvalue weighted by Crippen LogP contribution is 2.33. The third-order valence-corrected chi connectivity index (χ3v) is 2.81. The van der Waals surface area contributed by atoms with Gasteiger partial charge in [-0.25, -0.2) is 13.8 Å². The highest BCUT2D eigenvalue weighted by Gasteiger charge is 2.45. The van der Waals surface area contributed by atoms with Crippen LogP contribution in [0.5, 0.6) is 0 Å². The lowest BCUT2D eigenvalue weighted by Crippen LogP contribution is -2.57. The van der Waals surface area contributed by atoms with E-state index in [1.54, 1.807) is 11.1 Å². The Balaban J connectivity index is 2.26. The average molecular weight is 233 g/mol. The molecule has 1 fully saturated rings. The van der Waals surface area contributed by atoms with Crippen molar-refractivity contribution < 1.29 is 8.78 Å². The molecule has 0 N–H and O–H groups in total. The third-order valence-electron chi connectivity index (χ3n) is 2.54. The maximum atomic E-state index is 12.7. The van der Waals surface area contributed by atoms with Crippen LogP contribution >= 0.6 is 11.6 Å². The maximum absolute atomic E-state index is 12.7. The maximum Gasteiger partial charge on any atom is 0.282 e. The predicted octanol–water partition coefficient (Wildman–Crippen LogP) is 2.58. The third kappa shape index (κ3) is 1.91. The van der Waals surface area contributed by atoms with Crippen LogP contribution in [-0.2, 0) is 5.88 Å². The van der Waals surface area contributed by atoms with E-state index in [9.17, 15) is 8.78 Å². The number of alkyl halides is 3. The number of pyridine rings is 1. The van der Waals surface area contributed by atoms with Crippen LogP contribution in [0.1, 0.15) is 11.1 Å². The van der Waals surface area contributed by atoms with Crippen molar-refractivity contribution in [3.8, 4) is 0 Å². The standard InChI is InChI=1S/C10H11ClF2N2/c1-7-2-3-14-9(8(7)4-11)15-5-10(12,13)6-15/h2-3H,4-6H2,1H3. The van der Waals surface area contributed by atoms with Crippen LogP contribution in [0, 0.1) is 6.92 Å². The van der Waals surface area contributed by atoms with E-state index in [1.165, 1.54) is 0 Å². The van der Waals surface area contributed by atoms with Gasteiger partial charge >= 0.3 is 0 Å². The Morgan fingerprint density at radius 1 is 1.53 bits per heavy atom. The minimum absolute atomic E-state index is 0.257. The van der Waals surface area contributed by atoms with Gasteiger partial charge in [-0.3, -0.25) is 0 Å². The molecule has 0 unspecified atom stereocenters. The van der Waals surface area contributed by atoms with Crippen LogP contribution in [-0.4, -0.2) is 24.0 Å². The molecule has 0 atom stereocenters. The number of nitrogens with zero attached hydrogens (tertiary/aromatic N) is 2. The molecule has 0 aromatic carbocycles. The summed E-state index contributed by atoms with van der Waals surface area (Å²) in [4.78, 5) is 5.67. The van der Waals surface area contributed by atoms with E-state index in [-0.39, 0.29) is 13.1 Å². The van der Waals surface area contributed by atoms with Gasteiger partial charge in [0.15, 0.2) is 0 Å². The summed E-state index contributed by atoms with van der Waals surface area (Å²) in [7, 11) is 0. The first-order chi connectivity index (χ1) is 7.03. The predicted molar refractivity (Wildman–Crippen MR) is 55.7 cm³/mol. The topological polar surface area (TPSA) is 16.1 Å². The summed E-state index contributed by atoms with van der Waals surface area (Å²) < 4.78 is 25.4. The van der Waals surface area contributed by atoms with Crippen molar-refractivity contribution in [2.75, 3.05) is 18.0 Å². The van der Waals surface area contributed by atoms with Gasteiger partial charge in [-0.15, -0.1) is 11.6 Å². The van der Waals surface area contributed by atoms with Crippen molar-refractivity contribution in [1.29, 1.82) is 0 Å². The highest BCUT2D eigenvalue weighted by atomic mass is 35.5. The van der Waals surface area contributed by atoms with Crippen LogP contribution in [0.2, 0.25) is 0 Å². The van der Waals surface area contributed by atoms with Gasteiger partial charge in [0.05, 0.1) is 19.0 Å². The molecule has 15 heavy (non-hydrogen) atoms. The molecular weight excluding hydrogens is 222 g/mol. The summed E-state index contributed by atoms with van der Waals surface area (Å²) in [5.74, 6) is -1.68. The lowest BCUT2D eigenvalue weighted by atomic mass is 10.1. The molecular formula is C10H11ClF2N2. The molecule has 82 valence electrons. The highest BCUT2D eigenvalue weighted by molar-refractivity contribution is 6.17. The van der Waals surface area contributed by atoms with Crippen LogP contribution in [0.4, 0.5) is 14.6 Å². The lowest BCUT2D eigenvalue weighted by Gasteiger charge is -2.40. The summed E-state index contributed by atoms with van der Waals surface area (Å²) in [5.41, 5.74) is 1.83. The van der Waals surface area contributed by atoms with Crippen LogP contribution in [0.3, 0.4) is 0 Å². The minimum Gasteiger partial charge on any atom is -0.344 e. The van der Waals surface area contributed by atoms with E-state index < -0.39 is 5.92 Å². The molecule has 1 aromatic rings. The average Bonchev–Trinajstić information content (AvgIpc) is 2.13. The van der Waals surface area contributed by atoms with Crippen molar-refractivity contribution in [2.45, 2.75) is 18.7 Å². The normalized spacial score (nSPS) is 18.8. The molecule has 0 spiro atoms. The Morgan fingerprint density at radius 2 is 2.20 bits per heavy atom. The van der Waals surface area contributed by atoms with Crippen molar-refractivity contribution in [3.63, 3.8) is 0 Å². The first kappa shape index (κ1) is 10.6. The smallest absolute Gasteiger partial charge is 0.282 e. The molecule has 2 nitrogen and oxygen atoms in total. The molecule has 0 aliphatic carbocycles. The first-order valence-electron chi connectivity index (χ1n) is 4.67. The Labute approximate surface area is 91.9 Å². The molecule has 5 heteroatoms. The first-order valence-corrected chi connectivity index (χ1v) is 5.20. The number of aryl methyl sites for hydroxylation is 1. The van der Waals surface area contributed by atoms with Gasteiger partial charge in [-0.05, 0) is 18.6 Å². The van der Waals surface area contributed by atoms with Crippen molar-refractivity contribution in [1.82, 2.24) is 4.98 Å². The van der Waals surface area contributed by atoms with Gasteiger partial charge in [-0.1, -0.05) is 0 Å². The Hall–Kier alpha value is -0.900. The van der Waals surface area contributed by atoms with E-state index in [4.69, 9.17) is 11.6 Å². The fraction of sp³-hybridized carbons (Fsp3) is 0.500. The summed E-state index contributed by atoms with van der Waals surface area (Å²) in [6.07, 6.45) is 1.62. The van der Waals surface area contributed by atoms with E-state index in [0.29, 0.717) is 11.7 Å². The largest absolute Gasteiger partial charge is 0.344 e. The second-order valence-electron chi connectivity index (χ2n) is 3.78. The second kappa shape index (κ2) is 3.59. The lowest BCUT2D eigenvalue weighted by molar-refractivity contribution is -0.0267. The molecule has 0 amide bonds. The van der Waals surface area contributed by atoms with Crippen LogP contribution in [0.25, 0.3) is 0 Å². The van der Waals surface area contributed by atoms with Crippen LogP contribution < -0.4 is 4.90 Å². The second-order valence-corrected chi connectivity index (χ2v) is 4.04. The van der Waals surface area contributed by atoms with E-state index in [1.807, 2.05) is 13.0 Å². The Morgan fingerprint density at radius 3 is 2.73 bits per heavy atom. The molecule has 1 aliphatic heterocycles. The molecule has 1 aliphatic rings. The molecule has 2 rings (SSSR count). The number of rotatable bonds is 2. The van der Waals surface area contributed by atoms with E-state index in [0.717, 1.165) is 11.1 Å². The fourth-order valence-corrected chi connectivity index (χ4v) is 2.00. The SMILES string of the molecule is Cc1ccnc(N2CC(F)(F)C2)c1CCl. The van der Waals surface area contributed by atoms with Gasteiger partial charge in [0.2, 0.25) is 0 Å². The number of halogens is 3. The molecule has 0 saturated carbocycles. The monoisotopic (exact) mass is 232 g/mol. The van der Waals surface area contributed by atoms with Crippen molar-refractivity contribution in [2.24, 2.45) is 0 Å². The van der Waals surface area contributed by atoms with Crippen molar-refractivity contribution in [3.05, 3.63) is 23.4 Å². The number of hydrogen-bond donors (Lipinski definition) is 0. The van der Waals surface area contributed by atoms with Gasteiger partial charge in [0.1, 0.15) is 5.82 Å². The van der Waals surface area contributed by atoms with Gasteiger partial charge in [0.25, 0.3) is 5.92 Å². The van der Waals surface area contributed by atoms with Gasteiger partial charge in [-0.2, -0.15) is 0 Å². The fourth-order valence-electron chi connectivity index (χ4n) is 1.67. The Kier molecular flexibility index (Phi) is 2.54. The minimum atomic E-state index is -2.57. The molecule has 1 saturated heterocycles. The van der Waals surface area contributed by atoms with Crippen LogP contribution in [0.15, 0.2) is 12.3 Å². The Bertz CT molecular complexity index is 374. The number of aromatic nitrogens is 1. The zero-order valence-corrected chi connectivity index (χ0v) is 9.06. The van der Waals surface area contributed by atoms with E-state index in [2.05, 4.69) is 4.98 Å². The summed E-state index contributed by atoms with van der Waals surface area (Å²) >= 11 is 5.78. The summed E-state index contributed by atoms with van der Waals surface area (Å²) in [5, 5.41) is 0. The van der Waals surface area contributed by atoms with Gasteiger partial charge in [0, 0.05) is 11.8 Å². The van der Waals surface area contributed by atoms with Crippen molar-refractivity contribution >= 4 is 17.4 Å². The molecule has 0 radical (unpaired) electrons. The summed E-state index contributed by atoms with van der Waals surface area (Å²) in [6.45, 7) is 1.39. The zero-order valence-electron chi connectivity index (χ0n) is 8.30.